The number of ether oxygens (including phenoxy) is 3. The molecule has 1 N–H and O–H groups in total. The number of benzene rings is 2. The van der Waals surface area contributed by atoms with Gasteiger partial charge in [-0.3, -0.25) is 0 Å². The molecule has 1 atom stereocenters. The van der Waals surface area contributed by atoms with Crippen molar-refractivity contribution in [3.8, 4) is 11.5 Å². The second kappa shape index (κ2) is 8.31. The van der Waals surface area contributed by atoms with E-state index in [1.54, 1.807) is 14.2 Å². The van der Waals surface area contributed by atoms with E-state index in [2.05, 4.69) is 10.2 Å². The Morgan fingerprint density at radius 2 is 1.50 bits per heavy atom. The van der Waals surface area contributed by atoms with Crippen molar-refractivity contribution in [3.63, 3.8) is 0 Å². The van der Waals surface area contributed by atoms with Crippen molar-refractivity contribution < 1.29 is 14.2 Å². The molecule has 4 rings (SSSR count). The van der Waals surface area contributed by atoms with Gasteiger partial charge in [0, 0.05) is 18.7 Å². The molecule has 0 aromatic heterocycles. The van der Waals surface area contributed by atoms with Gasteiger partial charge in [0.1, 0.15) is 17.3 Å². The van der Waals surface area contributed by atoms with Gasteiger partial charge in [0.05, 0.1) is 27.4 Å². The van der Waals surface area contributed by atoms with Crippen molar-refractivity contribution in [1.82, 2.24) is 10.2 Å². The molecule has 0 amide bonds. The standard InChI is InChI=1S/C21H24N4O3/c1-26-17-7-3-15(4-8-17)19-22-20(16-5-9-18(27-2)10-6-16)24-21(23-19)25-11-13-28-14-12-25/h3-10,19H,11-14H2,1-2H3,(H,22,23,24). The van der Waals surface area contributed by atoms with E-state index in [-0.39, 0.29) is 6.17 Å². The van der Waals surface area contributed by atoms with E-state index >= 15 is 0 Å². The first-order valence-electron chi connectivity index (χ1n) is 9.30. The first kappa shape index (κ1) is 18.3. The second-order valence-corrected chi connectivity index (χ2v) is 6.53. The largest absolute Gasteiger partial charge is 0.497 e. The highest BCUT2D eigenvalue weighted by molar-refractivity contribution is 6.10. The van der Waals surface area contributed by atoms with Gasteiger partial charge in [0.25, 0.3) is 0 Å². The molecule has 0 radical (unpaired) electrons. The van der Waals surface area contributed by atoms with Gasteiger partial charge in [-0.1, -0.05) is 12.1 Å². The molecule has 7 nitrogen and oxygen atoms in total. The molecule has 1 fully saturated rings. The van der Waals surface area contributed by atoms with E-state index in [1.165, 1.54) is 0 Å². The van der Waals surface area contributed by atoms with Crippen LogP contribution >= 0.6 is 0 Å². The highest BCUT2D eigenvalue weighted by Crippen LogP contribution is 2.25. The predicted octanol–water partition coefficient (Wildman–Crippen LogP) is 2.44. The molecule has 28 heavy (non-hydrogen) atoms. The molecule has 2 aliphatic heterocycles. The van der Waals surface area contributed by atoms with Gasteiger partial charge >= 0.3 is 0 Å². The molecule has 0 aliphatic carbocycles. The maximum absolute atomic E-state index is 5.48. The number of aliphatic imine (C=N–C) groups is 2. The minimum atomic E-state index is -0.317. The van der Waals surface area contributed by atoms with Crippen LogP contribution in [0.3, 0.4) is 0 Å². The number of guanidine groups is 1. The summed E-state index contributed by atoms with van der Waals surface area (Å²) in [5.74, 6) is 3.24. The normalized spacial score (nSPS) is 19.4. The Labute approximate surface area is 164 Å². The van der Waals surface area contributed by atoms with E-state index < -0.39 is 0 Å². The van der Waals surface area contributed by atoms with E-state index in [1.807, 2.05) is 48.5 Å². The minimum absolute atomic E-state index is 0.317. The van der Waals surface area contributed by atoms with E-state index in [0.717, 1.165) is 47.5 Å². The Hall–Kier alpha value is -3.06. The van der Waals surface area contributed by atoms with Gasteiger partial charge in [0.15, 0.2) is 6.17 Å². The number of hydrogen-bond donors (Lipinski definition) is 1. The number of nitrogens with zero attached hydrogens (tertiary/aromatic N) is 3. The Morgan fingerprint density at radius 1 is 0.893 bits per heavy atom. The van der Waals surface area contributed by atoms with Crippen molar-refractivity contribution in [2.75, 3.05) is 40.5 Å². The van der Waals surface area contributed by atoms with E-state index in [0.29, 0.717) is 13.2 Å². The van der Waals surface area contributed by atoms with Crippen LogP contribution in [0.4, 0.5) is 0 Å². The summed E-state index contributed by atoms with van der Waals surface area (Å²) in [5.41, 5.74) is 2.00. The van der Waals surface area contributed by atoms with Gasteiger partial charge in [-0.05, 0) is 42.0 Å². The number of hydrogen-bond acceptors (Lipinski definition) is 7. The molecule has 1 unspecified atom stereocenters. The van der Waals surface area contributed by atoms with Crippen LogP contribution in [0.2, 0.25) is 0 Å². The van der Waals surface area contributed by atoms with Crippen LogP contribution in [-0.2, 0) is 4.74 Å². The van der Waals surface area contributed by atoms with Crippen LogP contribution in [0.5, 0.6) is 11.5 Å². The molecule has 1 saturated heterocycles. The smallest absolute Gasteiger partial charge is 0.202 e. The highest BCUT2D eigenvalue weighted by Gasteiger charge is 2.24. The molecule has 2 heterocycles. The summed E-state index contributed by atoms with van der Waals surface area (Å²) in [6.45, 7) is 3.00. The molecule has 146 valence electrons. The molecule has 0 bridgehead atoms. The SMILES string of the molecule is COc1ccc(C2=NC(c3ccc(OC)cc3)N=C(N3CCOCC3)N2)cc1. The molecule has 0 saturated carbocycles. The van der Waals surface area contributed by atoms with Crippen LogP contribution in [0, 0.1) is 0 Å². The fourth-order valence-electron chi connectivity index (χ4n) is 3.19. The Balaban J connectivity index is 1.67. The molecule has 0 spiro atoms. The third-order valence-electron chi connectivity index (χ3n) is 4.81. The molecular formula is C21H24N4O3. The quantitative estimate of drug-likeness (QED) is 0.883. The van der Waals surface area contributed by atoms with Gasteiger partial charge in [-0.25, -0.2) is 9.98 Å². The van der Waals surface area contributed by atoms with E-state index in [4.69, 9.17) is 24.2 Å². The summed E-state index contributed by atoms with van der Waals surface area (Å²) in [7, 11) is 3.32. The summed E-state index contributed by atoms with van der Waals surface area (Å²) in [5, 5.41) is 3.40. The van der Waals surface area contributed by atoms with Gasteiger partial charge in [-0.15, -0.1) is 0 Å². The average Bonchev–Trinajstić information content (AvgIpc) is 2.79. The maximum Gasteiger partial charge on any atom is 0.202 e. The van der Waals surface area contributed by atoms with Crippen LogP contribution in [0.1, 0.15) is 17.3 Å². The van der Waals surface area contributed by atoms with Crippen molar-refractivity contribution in [2.24, 2.45) is 9.98 Å². The lowest BCUT2D eigenvalue weighted by Gasteiger charge is -2.33. The van der Waals surface area contributed by atoms with Crippen LogP contribution < -0.4 is 14.8 Å². The second-order valence-electron chi connectivity index (χ2n) is 6.53. The first-order valence-corrected chi connectivity index (χ1v) is 9.30. The lowest BCUT2D eigenvalue weighted by atomic mass is 10.1. The Bertz CT molecular complexity index is 856. The zero-order valence-corrected chi connectivity index (χ0v) is 16.1. The highest BCUT2D eigenvalue weighted by atomic mass is 16.5. The third-order valence-corrected chi connectivity index (χ3v) is 4.81. The van der Waals surface area contributed by atoms with Gasteiger partial charge < -0.3 is 24.4 Å². The molecule has 2 aliphatic rings. The number of nitrogens with one attached hydrogen (secondary N) is 1. The van der Waals surface area contributed by atoms with Crippen molar-refractivity contribution >= 4 is 11.8 Å². The zero-order valence-electron chi connectivity index (χ0n) is 16.1. The fourth-order valence-corrected chi connectivity index (χ4v) is 3.19. The van der Waals surface area contributed by atoms with Gasteiger partial charge in [-0.2, -0.15) is 0 Å². The van der Waals surface area contributed by atoms with Crippen LogP contribution in [0.25, 0.3) is 0 Å². The van der Waals surface area contributed by atoms with Gasteiger partial charge in [0.2, 0.25) is 5.96 Å². The van der Waals surface area contributed by atoms with Crippen molar-refractivity contribution in [2.45, 2.75) is 6.17 Å². The van der Waals surface area contributed by atoms with Crippen LogP contribution in [0.15, 0.2) is 58.5 Å². The number of rotatable bonds is 4. The Morgan fingerprint density at radius 3 is 2.11 bits per heavy atom. The monoisotopic (exact) mass is 380 g/mol. The van der Waals surface area contributed by atoms with E-state index in [9.17, 15) is 0 Å². The lowest BCUT2D eigenvalue weighted by molar-refractivity contribution is 0.0667. The van der Waals surface area contributed by atoms with Crippen LogP contribution in [-0.4, -0.2) is 57.2 Å². The predicted molar refractivity (Wildman–Crippen MR) is 108 cm³/mol. The summed E-state index contributed by atoms with van der Waals surface area (Å²) in [6.07, 6.45) is -0.317. The number of amidine groups is 1. The maximum atomic E-state index is 5.48. The zero-order chi connectivity index (χ0) is 19.3. The lowest BCUT2D eigenvalue weighted by Crippen LogP contribution is -2.50. The molecule has 2 aromatic rings. The topological polar surface area (TPSA) is 67.7 Å². The first-order chi connectivity index (χ1) is 13.8. The number of methoxy groups -OCH3 is 2. The average molecular weight is 380 g/mol. The summed E-state index contributed by atoms with van der Waals surface area (Å²) >= 11 is 0. The summed E-state index contributed by atoms with van der Waals surface area (Å²) < 4.78 is 16.0. The number of morpholine rings is 1. The molecular weight excluding hydrogens is 356 g/mol. The van der Waals surface area contributed by atoms with Crippen molar-refractivity contribution in [1.29, 1.82) is 0 Å². The minimum Gasteiger partial charge on any atom is -0.497 e. The third kappa shape index (κ3) is 3.94. The Kier molecular flexibility index (Phi) is 5.43. The molecule has 7 heteroatoms. The molecule has 2 aromatic carbocycles. The van der Waals surface area contributed by atoms with Crippen molar-refractivity contribution in [3.05, 3.63) is 59.7 Å². The summed E-state index contributed by atoms with van der Waals surface area (Å²) in [4.78, 5) is 11.9. The fraction of sp³-hybridized carbons (Fsp3) is 0.333. The summed E-state index contributed by atoms with van der Waals surface area (Å²) in [6, 6.07) is 15.7.